The summed E-state index contributed by atoms with van der Waals surface area (Å²) in [6.07, 6.45) is 3.44. The van der Waals surface area contributed by atoms with Crippen LogP contribution in [0.25, 0.3) is 22.4 Å². The van der Waals surface area contributed by atoms with Gasteiger partial charge >= 0.3 is 0 Å². The monoisotopic (exact) mass is 486 g/mol. The van der Waals surface area contributed by atoms with Gasteiger partial charge in [0.1, 0.15) is 11.6 Å². The van der Waals surface area contributed by atoms with Crippen LogP contribution >= 0.6 is 11.8 Å². The van der Waals surface area contributed by atoms with E-state index in [1.807, 2.05) is 30.5 Å². The predicted molar refractivity (Wildman–Crippen MR) is 128 cm³/mol. The number of furan rings is 1. The van der Waals surface area contributed by atoms with Crippen LogP contribution in [-0.4, -0.2) is 51.1 Å². The molecule has 4 aromatic rings. The molecular weight excluding hydrogens is 460 g/mol. The van der Waals surface area contributed by atoms with E-state index in [9.17, 15) is 8.42 Å². The molecule has 11 heteroatoms. The number of fused-ring (bicyclic) bond motifs is 1. The number of rotatable bonds is 9. The van der Waals surface area contributed by atoms with Crippen LogP contribution in [0.3, 0.4) is 0 Å². The maximum atomic E-state index is 12.5. The topological polar surface area (TPSA) is 99.1 Å². The Morgan fingerprint density at radius 2 is 2.00 bits per heavy atom. The first kappa shape index (κ1) is 23.3. The van der Waals surface area contributed by atoms with Crippen LogP contribution in [0.5, 0.6) is 0 Å². The zero-order valence-corrected chi connectivity index (χ0v) is 20.7. The number of aromatic nitrogens is 5. The Labute approximate surface area is 197 Å². The zero-order chi connectivity index (χ0) is 23.8. The van der Waals surface area contributed by atoms with Crippen LogP contribution in [0.4, 0.5) is 0 Å². The second kappa shape index (κ2) is 9.16. The Hall–Kier alpha value is -2.89. The summed E-state index contributed by atoms with van der Waals surface area (Å²) in [5.41, 5.74) is 2.44. The van der Waals surface area contributed by atoms with Gasteiger partial charge in [-0.05, 0) is 38.1 Å². The Balaban J connectivity index is 1.67. The van der Waals surface area contributed by atoms with Crippen LogP contribution in [0.1, 0.15) is 18.5 Å². The molecule has 9 nitrogen and oxygen atoms in total. The molecule has 174 valence electrons. The third kappa shape index (κ3) is 4.23. The highest BCUT2D eigenvalue weighted by molar-refractivity contribution is 7.98. The maximum Gasteiger partial charge on any atom is 0.242 e. The number of allylic oxidation sites excluding steroid dienone is 1. The van der Waals surface area contributed by atoms with Crippen molar-refractivity contribution >= 4 is 32.8 Å². The second-order valence-corrected chi connectivity index (χ2v) is 10.7. The molecule has 0 aliphatic rings. The van der Waals surface area contributed by atoms with Gasteiger partial charge < -0.3 is 8.98 Å². The van der Waals surface area contributed by atoms with E-state index in [0.29, 0.717) is 24.4 Å². The van der Waals surface area contributed by atoms with Gasteiger partial charge in [-0.2, -0.15) is 0 Å². The number of nitrogens with zero attached hydrogens (tertiary/aromatic N) is 6. The number of imidazole rings is 1. The normalized spacial score (nSPS) is 12.2. The molecule has 33 heavy (non-hydrogen) atoms. The summed E-state index contributed by atoms with van der Waals surface area (Å²) in [5.74, 6) is 2.90. The van der Waals surface area contributed by atoms with Gasteiger partial charge in [-0.1, -0.05) is 17.8 Å². The summed E-state index contributed by atoms with van der Waals surface area (Å²) in [4.78, 5) is 4.97. The molecule has 4 rings (SSSR count). The molecule has 0 spiro atoms. The van der Waals surface area contributed by atoms with E-state index in [0.717, 1.165) is 33.6 Å². The fraction of sp³-hybridized carbons (Fsp3) is 0.318. The van der Waals surface area contributed by atoms with E-state index in [1.165, 1.54) is 30.2 Å². The number of thioether (sulfide) groups is 1. The maximum absolute atomic E-state index is 12.5. The molecule has 0 saturated carbocycles. The van der Waals surface area contributed by atoms with E-state index in [2.05, 4.69) is 21.3 Å². The molecule has 0 bridgehead atoms. The summed E-state index contributed by atoms with van der Waals surface area (Å²) in [6, 6.07) is 6.95. The molecule has 0 saturated heterocycles. The predicted octanol–water partition coefficient (Wildman–Crippen LogP) is 3.94. The van der Waals surface area contributed by atoms with Gasteiger partial charge in [-0.15, -0.1) is 16.8 Å². The smallest absolute Gasteiger partial charge is 0.242 e. The quantitative estimate of drug-likeness (QED) is 0.261. The van der Waals surface area contributed by atoms with Gasteiger partial charge in [0.2, 0.25) is 10.0 Å². The second-order valence-electron chi connectivity index (χ2n) is 7.59. The van der Waals surface area contributed by atoms with Crippen LogP contribution in [0.2, 0.25) is 0 Å². The molecule has 1 aromatic carbocycles. The van der Waals surface area contributed by atoms with E-state index in [-0.39, 0.29) is 4.90 Å². The largest absolute Gasteiger partial charge is 0.469 e. The van der Waals surface area contributed by atoms with Crippen molar-refractivity contribution in [3.8, 4) is 11.4 Å². The highest BCUT2D eigenvalue weighted by Gasteiger charge is 2.21. The first-order valence-electron chi connectivity index (χ1n) is 10.4. The fourth-order valence-electron chi connectivity index (χ4n) is 3.63. The van der Waals surface area contributed by atoms with Crippen molar-refractivity contribution in [2.24, 2.45) is 0 Å². The van der Waals surface area contributed by atoms with Gasteiger partial charge in [0.05, 0.1) is 33.5 Å². The van der Waals surface area contributed by atoms with Crippen molar-refractivity contribution in [1.29, 1.82) is 0 Å². The average molecular weight is 487 g/mol. The van der Waals surface area contributed by atoms with Crippen molar-refractivity contribution in [1.82, 2.24) is 28.6 Å². The number of hydrogen-bond acceptors (Lipinski definition) is 7. The Kier molecular flexibility index (Phi) is 6.46. The Morgan fingerprint density at radius 1 is 1.21 bits per heavy atom. The van der Waals surface area contributed by atoms with Crippen LogP contribution in [-0.2, 0) is 28.9 Å². The molecule has 3 heterocycles. The molecule has 0 radical (unpaired) electrons. The SMILES string of the molecule is C=CCn1c(SCc2nc3cc(S(=O)(=O)N(C)C)ccc3n2CC)nnc1-c1ccoc1C. The standard InChI is InChI=1S/C22H26N6O3S2/c1-6-11-28-21(17-10-12-31-15(17)3)24-25-22(28)32-14-20-23-18-13-16(33(29,30)26(4)5)8-9-19(18)27(20)7-2/h6,8-10,12-13H,1,7,11,14H2,2-5H3. The third-order valence-electron chi connectivity index (χ3n) is 5.35. The lowest BCUT2D eigenvalue weighted by Crippen LogP contribution is -2.22. The lowest BCUT2D eigenvalue weighted by Gasteiger charge is -2.11. The van der Waals surface area contributed by atoms with E-state index in [1.54, 1.807) is 24.5 Å². The first-order chi connectivity index (χ1) is 15.8. The summed E-state index contributed by atoms with van der Waals surface area (Å²) in [5, 5.41) is 9.51. The molecule has 0 atom stereocenters. The van der Waals surface area contributed by atoms with Crippen molar-refractivity contribution in [3.63, 3.8) is 0 Å². The molecule has 0 aliphatic carbocycles. The van der Waals surface area contributed by atoms with Gasteiger partial charge in [0, 0.05) is 27.2 Å². The fourth-order valence-corrected chi connectivity index (χ4v) is 5.44. The number of benzene rings is 1. The van der Waals surface area contributed by atoms with Crippen molar-refractivity contribution < 1.29 is 12.8 Å². The van der Waals surface area contributed by atoms with Crippen LogP contribution in [0, 0.1) is 6.92 Å². The van der Waals surface area contributed by atoms with E-state index < -0.39 is 10.0 Å². The van der Waals surface area contributed by atoms with Crippen molar-refractivity contribution in [2.45, 2.75) is 42.7 Å². The van der Waals surface area contributed by atoms with Gasteiger partial charge in [0.25, 0.3) is 0 Å². The molecule has 0 fully saturated rings. The summed E-state index contributed by atoms with van der Waals surface area (Å²) < 4.78 is 35.8. The van der Waals surface area contributed by atoms with Crippen LogP contribution in [0.15, 0.2) is 57.7 Å². The minimum Gasteiger partial charge on any atom is -0.469 e. The summed E-state index contributed by atoms with van der Waals surface area (Å²) in [6.45, 7) is 9.07. The van der Waals surface area contributed by atoms with Crippen molar-refractivity contribution in [3.05, 3.63) is 54.8 Å². The lowest BCUT2D eigenvalue weighted by molar-refractivity contribution is 0.521. The molecular formula is C22H26N6O3S2. The number of sulfonamides is 1. The number of hydrogen-bond donors (Lipinski definition) is 0. The summed E-state index contributed by atoms with van der Waals surface area (Å²) in [7, 11) is -0.490. The lowest BCUT2D eigenvalue weighted by atomic mass is 10.2. The minimum absolute atomic E-state index is 0.228. The molecule has 0 aliphatic heterocycles. The first-order valence-corrected chi connectivity index (χ1v) is 12.8. The van der Waals surface area contributed by atoms with Crippen LogP contribution < -0.4 is 0 Å². The van der Waals surface area contributed by atoms with Gasteiger partial charge in [0.15, 0.2) is 11.0 Å². The van der Waals surface area contributed by atoms with Gasteiger partial charge in [-0.3, -0.25) is 4.57 Å². The average Bonchev–Trinajstić information content (AvgIpc) is 3.48. The Morgan fingerprint density at radius 3 is 2.64 bits per heavy atom. The summed E-state index contributed by atoms with van der Waals surface area (Å²) >= 11 is 1.52. The number of aryl methyl sites for hydroxylation is 2. The minimum atomic E-state index is -3.53. The van der Waals surface area contributed by atoms with E-state index in [4.69, 9.17) is 9.40 Å². The highest BCUT2D eigenvalue weighted by atomic mass is 32.2. The zero-order valence-electron chi connectivity index (χ0n) is 19.0. The molecule has 3 aromatic heterocycles. The van der Waals surface area contributed by atoms with Crippen molar-refractivity contribution in [2.75, 3.05) is 14.1 Å². The van der Waals surface area contributed by atoms with E-state index >= 15 is 0 Å². The molecule has 0 amide bonds. The third-order valence-corrected chi connectivity index (χ3v) is 8.13. The Bertz CT molecular complexity index is 1420. The van der Waals surface area contributed by atoms with Gasteiger partial charge in [-0.25, -0.2) is 17.7 Å². The highest BCUT2D eigenvalue weighted by Crippen LogP contribution is 2.30. The molecule has 0 unspecified atom stereocenters. The molecule has 0 N–H and O–H groups in total.